The van der Waals surface area contributed by atoms with Crippen molar-refractivity contribution >= 4 is 17.7 Å². The van der Waals surface area contributed by atoms with Crippen molar-refractivity contribution < 1.29 is 4.79 Å². The Labute approximate surface area is 192 Å². The summed E-state index contributed by atoms with van der Waals surface area (Å²) in [4.78, 5) is 12.9. The summed E-state index contributed by atoms with van der Waals surface area (Å²) in [5.41, 5.74) is 5.71. The fourth-order valence-corrected chi connectivity index (χ4v) is 4.27. The zero-order valence-corrected chi connectivity index (χ0v) is 19.0. The van der Waals surface area contributed by atoms with Gasteiger partial charge in [0.1, 0.15) is 6.33 Å². The van der Waals surface area contributed by atoms with E-state index in [9.17, 15) is 4.79 Å². The van der Waals surface area contributed by atoms with Crippen LogP contribution in [0.15, 0.2) is 90.3 Å². The highest BCUT2D eigenvalue weighted by Crippen LogP contribution is 2.23. The molecule has 32 heavy (non-hydrogen) atoms. The molecule has 5 nitrogen and oxygen atoms in total. The molecule has 4 aromatic rings. The molecule has 1 amide bonds. The number of nitrogens with zero attached hydrogens (tertiary/aromatic N) is 3. The maximum atomic E-state index is 12.9. The Balaban J connectivity index is 1.44. The maximum absolute atomic E-state index is 12.9. The van der Waals surface area contributed by atoms with E-state index in [1.807, 2.05) is 47.0 Å². The molecule has 6 heteroatoms. The first-order valence-corrected chi connectivity index (χ1v) is 11.6. The molecule has 0 spiro atoms. The Hall–Kier alpha value is -3.38. The predicted octanol–water partition coefficient (Wildman–Crippen LogP) is 5.08. The quantitative estimate of drug-likeness (QED) is 0.387. The van der Waals surface area contributed by atoms with E-state index in [1.165, 1.54) is 28.5 Å². The number of amides is 1. The lowest BCUT2D eigenvalue weighted by molar-refractivity contribution is -0.119. The minimum Gasteiger partial charge on any atom is -0.348 e. The van der Waals surface area contributed by atoms with Gasteiger partial charge in [0.15, 0.2) is 5.16 Å². The Morgan fingerprint density at radius 3 is 2.41 bits per heavy atom. The van der Waals surface area contributed by atoms with E-state index in [0.29, 0.717) is 5.16 Å². The van der Waals surface area contributed by atoms with E-state index in [4.69, 9.17) is 0 Å². The first-order valence-electron chi connectivity index (χ1n) is 10.6. The Morgan fingerprint density at radius 2 is 1.69 bits per heavy atom. The van der Waals surface area contributed by atoms with Crippen LogP contribution in [0.4, 0.5) is 0 Å². The third-order valence-electron chi connectivity index (χ3n) is 5.44. The van der Waals surface area contributed by atoms with Gasteiger partial charge in [-0.25, -0.2) is 0 Å². The molecular formula is C26H26N4OS. The monoisotopic (exact) mass is 442 g/mol. The van der Waals surface area contributed by atoms with Crippen molar-refractivity contribution in [2.24, 2.45) is 0 Å². The molecule has 1 aromatic heterocycles. The Bertz CT molecular complexity index is 1170. The van der Waals surface area contributed by atoms with Gasteiger partial charge < -0.3 is 5.32 Å². The first kappa shape index (κ1) is 21.8. The van der Waals surface area contributed by atoms with Crippen molar-refractivity contribution in [3.05, 3.63) is 107 Å². The van der Waals surface area contributed by atoms with Crippen LogP contribution in [0.5, 0.6) is 0 Å². The summed E-state index contributed by atoms with van der Waals surface area (Å²) in [5, 5.41) is 12.2. The summed E-state index contributed by atoms with van der Waals surface area (Å²) in [7, 11) is 0. The van der Waals surface area contributed by atoms with Gasteiger partial charge in [0, 0.05) is 5.69 Å². The van der Waals surface area contributed by atoms with Crippen molar-refractivity contribution in [2.75, 3.05) is 5.75 Å². The molecule has 1 atom stereocenters. The van der Waals surface area contributed by atoms with Crippen molar-refractivity contribution in [3.63, 3.8) is 0 Å². The van der Waals surface area contributed by atoms with Crippen molar-refractivity contribution in [1.82, 2.24) is 20.1 Å². The highest BCUT2D eigenvalue weighted by Gasteiger charge is 2.17. The fourth-order valence-electron chi connectivity index (χ4n) is 3.53. The van der Waals surface area contributed by atoms with Crippen molar-refractivity contribution in [2.45, 2.75) is 31.5 Å². The Morgan fingerprint density at radius 1 is 0.969 bits per heavy atom. The lowest BCUT2D eigenvalue weighted by Gasteiger charge is -2.19. The normalized spacial score (nSPS) is 11.8. The lowest BCUT2D eigenvalue weighted by atomic mass is 9.99. The van der Waals surface area contributed by atoms with Crippen LogP contribution >= 0.6 is 11.8 Å². The third kappa shape index (κ3) is 5.45. The molecule has 0 fully saturated rings. The average Bonchev–Trinajstić information content (AvgIpc) is 3.29. The van der Waals surface area contributed by atoms with Gasteiger partial charge in [-0.3, -0.25) is 9.36 Å². The maximum Gasteiger partial charge on any atom is 0.230 e. The number of carbonyl (C=O) groups excluding carboxylic acids is 1. The minimum atomic E-state index is -0.0932. The second-order valence-electron chi connectivity index (χ2n) is 7.76. The van der Waals surface area contributed by atoms with E-state index in [0.717, 1.165) is 17.7 Å². The van der Waals surface area contributed by atoms with Crippen LogP contribution in [-0.4, -0.2) is 26.4 Å². The third-order valence-corrected chi connectivity index (χ3v) is 6.38. The molecule has 0 aliphatic carbocycles. The number of rotatable bonds is 8. The molecule has 3 aromatic carbocycles. The zero-order chi connectivity index (χ0) is 22.3. The van der Waals surface area contributed by atoms with Gasteiger partial charge in [-0.2, -0.15) is 0 Å². The molecule has 0 aliphatic rings. The summed E-state index contributed by atoms with van der Waals surface area (Å²) in [6, 6.07) is 26.5. The van der Waals surface area contributed by atoms with Gasteiger partial charge in [-0.05, 0) is 54.7 Å². The van der Waals surface area contributed by atoms with Gasteiger partial charge in [-0.15, -0.1) is 10.2 Å². The molecule has 0 saturated carbocycles. The van der Waals surface area contributed by atoms with E-state index in [-0.39, 0.29) is 17.7 Å². The number of nitrogens with one attached hydrogen (secondary N) is 1. The number of hydrogen-bond donors (Lipinski definition) is 1. The summed E-state index contributed by atoms with van der Waals surface area (Å²) in [6.07, 6.45) is 2.42. The molecule has 0 radical (unpaired) electrons. The summed E-state index contributed by atoms with van der Waals surface area (Å²) in [5.74, 6) is 0.233. The molecule has 1 heterocycles. The molecule has 0 aliphatic heterocycles. The number of aryl methyl sites for hydroxylation is 2. The first-order chi connectivity index (χ1) is 15.6. The standard InChI is InChI=1S/C26H26N4OS/c1-19-13-14-23(15-20(19)2)30-18-27-29-26(30)32-17-25(31)28-24(22-11-7-4-8-12-22)16-21-9-5-3-6-10-21/h3-15,18,24H,16-17H2,1-2H3,(H,28,31). The van der Waals surface area contributed by atoms with Crippen LogP contribution in [0.25, 0.3) is 5.69 Å². The topological polar surface area (TPSA) is 59.8 Å². The van der Waals surface area contributed by atoms with Gasteiger partial charge >= 0.3 is 0 Å². The second-order valence-corrected chi connectivity index (χ2v) is 8.70. The highest BCUT2D eigenvalue weighted by molar-refractivity contribution is 7.99. The van der Waals surface area contributed by atoms with E-state index in [2.05, 4.69) is 65.8 Å². The molecule has 4 rings (SSSR count). The van der Waals surface area contributed by atoms with Crippen LogP contribution in [0.2, 0.25) is 0 Å². The summed E-state index contributed by atoms with van der Waals surface area (Å²) >= 11 is 1.39. The van der Waals surface area contributed by atoms with Crippen LogP contribution < -0.4 is 5.32 Å². The number of hydrogen-bond acceptors (Lipinski definition) is 4. The molecule has 0 bridgehead atoms. The van der Waals surface area contributed by atoms with E-state index < -0.39 is 0 Å². The van der Waals surface area contributed by atoms with Crippen molar-refractivity contribution in [1.29, 1.82) is 0 Å². The van der Waals surface area contributed by atoms with Gasteiger partial charge in [0.05, 0.1) is 11.8 Å². The Kier molecular flexibility index (Phi) is 7.02. The average molecular weight is 443 g/mol. The van der Waals surface area contributed by atoms with Crippen LogP contribution in [0, 0.1) is 13.8 Å². The van der Waals surface area contributed by atoms with Crippen molar-refractivity contribution in [3.8, 4) is 5.69 Å². The molecule has 0 saturated heterocycles. The fraction of sp³-hybridized carbons (Fsp3) is 0.192. The lowest BCUT2D eigenvalue weighted by Crippen LogP contribution is -2.31. The summed E-state index contributed by atoms with van der Waals surface area (Å²) < 4.78 is 1.92. The molecule has 162 valence electrons. The largest absolute Gasteiger partial charge is 0.348 e. The SMILES string of the molecule is Cc1ccc(-n2cnnc2SCC(=O)NC(Cc2ccccc2)c2ccccc2)cc1C. The second kappa shape index (κ2) is 10.3. The van der Waals surface area contributed by atoms with Crippen LogP contribution in [0.3, 0.4) is 0 Å². The zero-order valence-electron chi connectivity index (χ0n) is 18.2. The summed E-state index contributed by atoms with van der Waals surface area (Å²) in [6.45, 7) is 4.17. The molecule has 1 N–H and O–H groups in total. The smallest absolute Gasteiger partial charge is 0.230 e. The van der Waals surface area contributed by atoms with Crippen LogP contribution in [0.1, 0.15) is 28.3 Å². The molecular weight excluding hydrogens is 416 g/mol. The number of aromatic nitrogens is 3. The van der Waals surface area contributed by atoms with Gasteiger partial charge in [0.2, 0.25) is 5.91 Å². The number of thioether (sulfide) groups is 1. The van der Waals surface area contributed by atoms with Gasteiger partial charge in [0.25, 0.3) is 0 Å². The predicted molar refractivity (Wildman–Crippen MR) is 129 cm³/mol. The number of benzene rings is 3. The van der Waals surface area contributed by atoms with Gasteiger partial charge in [-0.1, -0.05) is 78.5 Å². The minimum absolute atomic E-state index is 0.0329. The van der Waals surface area contributed by atoms with Crippen LogP contribution in [-0.2, 0) is 11.2 Å². The van der Waals surface area contributed by atoms with E-state index >= 15 is 0 Å². The van der Waals surface area contributed by atoms with E-state index in [1.54, 1.807) is 6.33 Å². The molecule has 1 unspecified atom stereocenters. The highest BCUT2D eigenvalue weighted by atomic mass is 32.2. The number of carbonyl (C=O) groups is 1.